The van der Waals surface area contributed by atoms with Crippen LogP contribution in [0.15, 0.2) is 65.3 Å². The van der Waals surface area contributed by atoms with Gasteiger partial charge < -0.3 is 5.11 Å². The molecule has 3 heterocycles. The van der Waals surface area contributed by atoms with Crippen molar-refractivity contribution in [3.63, 3.8) is 0 Å². The molecule has 0 spiro atoms. The largest absolute Gasteiger partial charge is 0.478 e. The third-order valence-corrected chi connectivity index (χ3v) is 6.35. The molecule has 0 fully saturated rings. The van der Waals surface area contributed by atoms with Crippen LogP contribution in [0.5, 0.6) is 0 Å². The van der Waals surface area contributed by atoms with Crippen LogP contribution < -0.4 is 0 Å². The normalized spacial score (nSPS) is 11.4. The lowest BCUT2D eigenvalue weighted by atomic mass is 10.3. The van der Waals surface area contributed by atoms with Crippen LogP contribution in [0, 0.1) is 0 Å². The number of rotatable bonds is 5. The fourth-order valence-electron chi connectivity index (χ4n) is 2.02. The molecule has 6 nitrogen and oxygen atoms in total. The molecule has 0 aliphatic carbocycles. The summed E-state index contributed by atoms with van der Waals surface area (Å²) in [5.41, 5.74) is 1.20. The van der Waals surface area contributed by atoms with Crippen LogP contribution in [0.1, 0.15) is 5.56 Å². The molecule has 9 heteroatoms. The second-order valence-corrected chi connectivity index (χ2v) is 7.94. The molecule has 3 aromatic rings. The second-order valence-electron chi connectivity index (χ2n) is 4.79. The van der Waals surface area contributed by atoms with E-state index in [1.165, 1.54) is 30.6 Å². The predicted molar refractivity (Wildman–Crippen MR) is 98.5 cm³/mol. The highest BCUT2D eigenvalue weighted by atomic mass is 35.5. The van der Waals surface area contributed by atoms with E-state index in [1.54, 1.807) is 18.3 Å². The third kappa shape index (κ3) is 4.16. The minimum Gasteiger partial charge on any atom is -0.478 e. The number of hydrogen-bond donors (Lipinski definition) is 1. The maximum Gasteiger partial charge on any atom is 0.328 e. The number of pyridine rings is 1. The molecule has 1 N–H and O–H groups in total. The van der Waals surface area contributed by atoms with E-state index in [4.69, 9.17) is 5.11 Å². The summed E-state index contributed by atoms with van der Waals surface area (Å²) >= 11 is 1.13. The second kappa shape index (κ2) is 7.64. The first-order valence-corrected chi connectivity index (χ1v) is 9.08. The van der Waals surface area contributed by atoms with Crippen molar-refractivity contribution in [2.24, 2.45) is 0 Å². The number of halogens is 1. The first-order chi connectivity index (χ1) is 11.5. The van der Waals surface area contributed by atoms with Gasteiger partial charge in [-0.05, 0) is 42.0 Å². The minimum absolute atomic E-state index is 0. The number of carboxylic acid groups (broad SMARTS) is 1. The van der Waals surface area contributed by atoms with Crippen LogP contribution in [0.2, 0.25) is 0 Å². The van der Waals surface area contributed by atoms with Crippen LogP contribution in [-0.2, 0) is 14.8 Å². The molecule has 0 aromatic carbocycles. The Bertz CT molecular complexity index is 1010. The van der Waals surface area contributed by atoms with Crippen molar-refractivity contribution in [2.75, 3.05) is 0 Å². The molecule has 0 saturated heterocycles. The number of aromatic nitrogens is 2. The van der Waals surface area contributed by atoms with E-state index in [2.05, 4.69) is 4.98 Å². The number of nitrogens with zero attached hydrogens (tertiary/aromatic N) is 2. The Balaban J connectivity index is 0.00000225. The van der Waals surface area contributed by atoms with E-state index < -0.39 is 16.0 Å². The fourth-order valence-corrected chi connectivity index (χ4v) is 4.61. The maximum absolute atomic E-state index is 12.6. The molecule has 3 aromatic heterocycles. The minimum atomic E-state index is -3.72. The van der Waals surface area contributed by atoms with Gasteiger partial charge in [0.15, 0.2) is 0 Å². The highest BCUT2D eigenvalue weighted by Crippen LogP contribution is 2.30. The summed E-state index contributed by atoms with van der Waals surface area (Å²) in [6.07, 6.45) is 6.70. The Hall–Kier alpha value is -2.42. The summed E-state index contributed by atoms with van der Waals surface area (Å²) in [5, 5.41) is 8.61. The Morgan fingerprint density at radius 2 is 2.00 bits per heavy atom. The third-order valence-electron chi connectivity index (χ3n) is 3.14. The SMILES string of the molecule is Cl.O=C(O)C=Cc1ccn(S(=O)(=O)c2ccc(-c3ccccn3)s2)c1. The standard InChI is InChI=1S/C16H12N2O4S2.ClH/c19-15(20)6-4-12-8-10-18(11-12)24(21,22)16-7-5-14(23-16)13-3-1-2-9-17-13;/h1-11H,(H,19,20);1H. The van der Waals surface area contributed by atoms with Gasteiger partial charge in [0.1, 0.15) is 4.21 Å². The summed E-state index contributed by atoms with van der Waals surface area (Å²) in [6.45, 7) is 0. The molecular formula is C16H13ClN2O4S2. The maximum atomic E-state index is 12.6. The highest BCUT2D eigenvalue weighted by molar-refractivity contribution is 7.92. The number of hydrogen-bond acceptors (Lipinski definition) is 5. The lowest BCUT2D eigenvalue weighted by molar-refractivity contribution is -0.131. The van der Waals surface area contributed by atoms with Crippen LogP contribution in [0.25, 0.3) is 16.6 Å². The van der Waals surface area contributed by atoms with Crippen molar-refractivity contribution >= 4 is 45.8 Å². The quantitative estimate of drug-likeness (QED) is 0.668. The fraction of sp³-hybridized carbons (Fsp3) is 0. The molecule has 0 saturated carbocycles. The van der Waals surface area contributed by atoms with Gasteiger partial charge in [0.2, 0.25) is 0 Å². The average Bonchev–Trinajstić information content (AvgIpc) is 3.24. The molecule has 0 radical (unpaired) electrons. The zero-order valence-corrected chi connectivity index (χ0v) is 15.1. The van der Waals surface area contributed by atoms with Crippen molar-refractivity contribution < 1.29 is 18.3 Å². The van der Waals surface area contributed by atoms with Crippen molar-refractivity contribution in [3.05, 3.63) is 66.6 Å². The van der Waals surface area contributed by atoms with Gasteiger partial charge in [0, 0.05) is 24.7 Å². The van der Waals surface area contributed by atoms with Gasteiger partial charge in [-0.1, -0.05) is 6.07 Å². The van der Waals surface area contributed by atoms with Gasteiger partial charge in [-0.25, -0.2) is 8.77 Å². The number of thiophene rings is 1. The van der Waals surface area contributed by atoms with E-state index >= 15 is 0 Å². The van der Waals surface area contributed by atoms with E-state index in [0.29, 0.717) is 11.3 Å². The zero-order valence-electron chi connectivity index (χ0n) is 12.6. The van der Waals surface area contributed by atoms with Crippen LogP contribution in [-0.4, -0.2) is 28.5 Å². The van der Waals surface area contributed by atoms with Gasteiger partial charge >= 0.3 is 5.97 Å². The molecule has 0 atom stereocenters. The Morgan fingerprint density at radius 3 is 2.68 bits per heavy atom. The number of carboxylic acids is 1. The van der Waals surface area contributed by atoms with Crippen LogP contribution >= 0.6 is 23.7 Å². The average molecular weight is 397 g/mol. The van der Waals surface area contributed by atoms with Gasteiger partial charge in [-0.15, -0.1) is 23.7 Å². The highest BCUT2D eigenvalue weighted by Gasteiger charge is 2.19. The molecular weight excluding hydrogens is 384 g/mol. The van der Waals surface area contributed by atoms with Gasteiger partial charge in [-0.2, -0.15) is 8.42 Å². The van der Waals surface area contributed by atoms with Crippen LogP contribution in [0.4, 0.5) is 0 Å². The summed E-state index contributed by atoms with van der Waals surface area (Å²) in [6, 6.07) is 10.2. The smallest absolute Gasteiger partial charge is 0.328 e. The molecule has 0 aliphatic heterocycles. The van der Waals surface area contributed by atoms with Crippen molar-refractivity contribution in [3.8, 4) is 10.6 Å². The summed E-state index contributed by atoms with van der Waals surface area (Å²) in [7, 11) is -3.72. The van der Waals surface area contributed by atoms with Gasteiger partial charge in [-0.3, -0.25) is 4.98 Å². The van der Waals surface area contributed by atoms with Crippen molar-refractivity contribution in [1.29, 1.82) is 0 Å². The molecule has 0 bridgehead atoms. The van der Waals surface area contributed by atoms with E-state index in [0.717, 1.165) is 26.3 Å². The van der Waals surface area contributed by atoms with Gasteiger partial charge in [0.05, 0.1) is 10.6 Å². The Morgan fingerprint density at radius 1 is 1.20 bits per heavy atom. The zero-order chi connectivity index (χ0) is 17.2. The van der Waals surface area contributed by atoms with Crippen molar-refractivity contribution in [1.82, 2.24) is 8.96 Å². The summed E-state index contributed by atoms with van der Waals surface area (Å²) in [4.78, 5) is 15.5. The van der Waals surface area contributed by atoms with E-state index in [-0.39, 0.29) is 16.6 Å². The monoisotopic (exact) mass is 396 g/mol. The topological polar surface area (TPSA) is 89.3 Å². The molecule has 0 amide bonds. The number of aliphatic carboxylic acids is 1. The molecule has 0 aliphatic rings. The summed E-state index contributed by atoms with van der Waals surface area (Å²) < 4.78 is 26.5. The Kier molecular flexibility index (Phi) is 5.78. The molecule has 0 unspecified atom stereocenters. The first kappa shape index (κ1) is 18.9. The van der Waals surface area contributed by atoms with Crippen molar-refractivity contribution in [2.45, 2.75) is 4.21 Å². The predicted octanol–water partition coefficient (Wildman–Crippen LogP) is 3.37. The molecule has 130 valence electrons. The molecule has 3 rings (SSSR count). The van der Waals surface area contributed by atoms with Crippen LogP contribution in [0.3, 0.4) is 0 Å². The van der Waals surface area contributed by atoms with E-state index in [9.17, 15) is 13.2 Å². The lowest BCUT2D eigenvalue weighted by Crippen LogP contribution is -2.08. The first-order valence-electron chi connectivity index (χ1n) is 6.82. The van der Waals surface area contributed by atoms with E-state index in [1.807, 2.05) is 12.1 Å². The molecule has 25 heavy (non-hydrogen) atoms. The van der Waals surface area contributed by atoms with Gasteiger partial charge in [0.25, 0.3) is 10.0 Å². The lowest BCUT2D eigenvalue weighted by Gasteiger charge is -2.02. The Labute approximate surface area is 154 Å². The number of carbonyl (C=O) groups is 1. The summed E-state index contributed by atoms with van der Waals surface area (Å²) in [5.74, 6) is -1.09.